The van der Waals surface area contributed by atoms with Gasteiger partial charge in [0.15, 0.2) is 0 Å². The summed E-state index contributed by atoms with van der Waals surface area (Å²) in [6.07, 6.45) is 0.191. The van der Waals surface area contributed by atoms with Crippen molar-refractivity contribution in [3.63, 3.8) is 0 Å². The van der Waals surface area contributed by atoms with Crippen LogP contribution in [0, 0.1) is 6.92 Å². The molecule has 3 N–H and O–H groups in total. The molecule has 0 fully saturated rings. The van der Waals surface area contributed by atoms with Crippen molar-refractivity contribution in [3.8, 4) is 0 Å². The first-order valence-electron chi connectivity index (χ1n) is 8.54. The minimum atomic E-state index is -0.659. The highest BCUT2D eigenvalue weighted by Crippen LogP contribution is 2.24. The van der Waals surface area contributed by atoms with Gasteiger partial charge in [-0.3, -0.25) is 14.6 Å². The maximum absolute atomic E-state index is 12.6. The standard InChI is InChI=1S/C20H22N4O2/c1-13-8-10-15(11-9-13)14(2)22-20(26)17-12-18(19(21)25)24(23-17)16-6-4-3-5-7-16/h3-11,14,18H,12H2,1-2H3,(H2,21,25)(H,22,26). The van der Waals surface area contributed by atoms with Gasteiger partial charge >= 0.3 is 0 Å². The van der Waals surface area contributed by atoms with Gasteiger partial charge in [-0.1, -0.05) is 48.0 Å². The van der Waals surface area contributed by atoms with E-state index in [0.29, 0.717) is 5.71 Å². The number of hydrazone groups is 1. The molecule has 0 radical (unpaired) electrons. The fraction of sp³-hybridized carbons (Fsp3) is 0.250. The third-order valence-corrected chi connectivity index (χ3v) is 4.45. The summed E-state index contributed by atoms with van der Waals surface area (Å²) < 4.78 is 0. The van der Waals surface area contributed by atoms with Crippen molar-refractivity contribution >= 4 is 23.2 Å². The van der Waals surface area contributed by atoms with Crippen LogP contribution in [0.1, 0.15) is 30.5 Å². The second-order valence-electron chi connectivity index (χ2n) is 6.45. The minimum Gasteiger partial charge on any atom is -0.368 e. The van der Waals surface area contributed by atoms with Gasteiger partial charge in [0, 0.05) is 6.42 Å². The van der Waals surface area contributed by atoms with E-state index in [0.717, 1.165) is 16.8 Å². The van der Waals surface area contributed by atoms with Crippen LogP contribution in [0.2, 0.25) is 0 Å². The molecule has 6 heteroatoms. The third kappa shape index (κ3) is 3.74. The molecule has 0 bridgehead atoms. The average Bonchev–Trinajstić information content (AvgIpc) is 3.09. The highest BCUT2D eigenvalue weighted by Gasteiger charge is 2.35. The van der Waals surface area contributed by atoms with Gasteiger partial charge in [-0.25, -0.2) is 0 Å². The van der Waals surface area contributed by atoms with Gasteiger partial charge in [0.25, 0.3) is 5.91 Å². The summed E-state index contributed by atoms with van der Waals surface area (Å²) in [5, 5.41) is 8.82. The van der Waals surface area contributed by atoms with Crippen LogP contribution in [0.5, 0.6) is 0 Å². The molecule has 26 heavy (non-hydrogen) atoms. The highest BCUT2D eigenvalue weighted by atomic mass is 16.2. The summed E-state index contributed by atoms with van der Waals surface area (Å²) in [6, 6.07) is 16.4. The Hall–Kier alpha value is -3.15. The van der Waals surface area contributed by atoms with Gasteiger partial charge in [-0.2, -0.15) is 5.10 Å². The van der Waals surface area contributed by atoms with Gasteiger partial charge < -0.3 is 11.1 Å². The number of aryl methyl sites for hydroxylation is 1. The van der Waals surface area contributed by atoms with Crippen LogP contribution < -0.4 is 16.1 Å². The topological polar surface area (TPSA) is 87.8 Å². The monoisotopic (exact) mass is 350 g/mol. The number of primary amides is 1. The Labute approximate surface area is 152 Å². The normalized spacial score (nSPS) is 17.5. The zero-order valence-corrected chi connectivity index (χ0v) is 14.8. The lowest BCUT2D eigenvalue weighted by Gasteiger charge is -2.20. The van der Waals surface area contributed by atoms with Crippen molar-refractivity contribution in [2.75, 3.05) is 5.01 Å². The van der Waals surface area contributed by atoms with Crippen LogP contribution in [0.4, 0.5) is 5.69 Å². The van der Waals surface area contributed by atoms with Crippen molar-refractivity contribution in [2.45, 2.75) is 32.4 Å². The SMILES string of the molecule is Cc1ccc(C(C)NC(=O)C2=NN(c3ccccc3)C(C(N)=O)C2)cc1. The first-order valence-corrected chi connectivity index (χ1v) is 8.54. The van der Waals surface area contributed by atoms with Crippen LogP contribution in [0.3, 0.4) is 0 Å². The maximum Gasteiger partial charge on any atom is 0.268 e. The van der Waals surface area contributed by atoms with E-state index in [-0.39, 0.29) is 18.4 Å². The van der Waals surface area contributed by atoms with Crippen LogP contribution in [0.25, 0.3) is 0 Å². The number of anilines is 1. The van der Waals surface area contributed by atoms with Crippen LogP contribution >= 0.6 is 0 Å². The van der Waals surface area contributed by atoms with Gasteiger partial charge in [0.2, 0.25) is 5.91 Å². The van der Waals surface area contributed by atoms with E-state index in [1.54, 1.807) is 0 Å². The molecular formula is C20H22N4O2. The number of carbonyl (C=O) groups is 2. The second kappa shape index (κ2) is 7.39. The summed E-state index contributed by atoms with van der Waals surface area (Å²) in [6.45, 7) is 3.93. The van der Waals surface area contributed by atoms with E-state index in [9.17, 15) is 9.59 Å². The van der Waals surface area contributed by atoms with E-state index in [4.69, 9.17) is 5.73 Å². The Balaban J connectivity index is 1.76. The predicted octanol–water partition coefficient (Wildman–Crippen LogP) is 2.29. The molecule has 1 heterocycles. The maximum atomic E-state index is 12.6. The smallest absolute Gasteiger partial charge is 0.268 e. The molecule has 2 unspecified atom stereocenters. The molecule has 134 valence electrons. The zero-order valence-electron chi connectivity index (χ0n) is 14.8. The Morgan fingerprint density at radius 3 is 2.42 bits per heavy atom. The Morgan fingerprint density at radius 2 is 1.81 bits per heavy atom. The fourth-order valence-corrected chi connectivity index (χ4v) is 2.91. The summed E-state index contributed by atoms with van der Waals surface area (Å²) in [7, 11) is 0. The zero-order chi connectivity index (χ0) is 18.7. The van der Waals surface area contributed by atoms with Crippen LogP contribution in [-0.2, 0) is 9.59 Å². The molecule has 2 aromatic carbocycles. The number of carbonyl (C=O) groups excluding carboxylic acids is 2. The first kappa shape index (κ1) is 17.7. The average molecular weight is 350 g/mol. The number of amides is 2. The quantitative estimate of drug-likeness (QED) is 0.867. The first-order chi connectivity index (χ1) is 12.5. The van der Waals surface area contributed by atoms with Gasteiger partial charge in [0.05, 0.1) is 11.7 Å². The van der Waals surface area contributed by atoms with Crippen molar-refractivity contribution < 1.29 is 9.59 Å². The third-order valence-electron chi connectivity index (χ3n) is 4.45. The number of benzene rings is 2. The fourth-order valence-electron chi connectivity index (χ4n) is 2.91. The highest BCUT2D eigenvalue weighted by molar-refractivity contribution is 6.40. The molecule has 6 nitrogen and oxygen atoms in total. The molecule has 2 aromatic rings. The van der Waals surface area contributed by atoms with Crippen LogP contribution in [0.15, 0.2) is 59.7 Å². The molecule has 0 saturated carbocycles. The van der Waals surface area contributed by atoms with E-state index in [1.165, 1.54) is 5.01 Å². The van der Waals surface area contributed by atoms with Gasteiger partial charge in [0.1, 0.15) is 11.8 Å². The minimum absolute atomic E-state index is 0.163. The molecule has 1 aliphatic heterocycles. The molecule has 2 atom stereocenters. The number of rotatable bonds is 5. The molecule has 2 amide bonds. The number of nitrogens with two attached hydrogens (primary N) is 1. The Morgan fingerprint density at radius 1 is 1.15 bits per heavy atom. The number of nitrogens with one attached hydrogen (secondary N) is 1. The molecule has 0 aliphatic carbocycles. The molecule has 3 rings (SSSR count). The second-order valence-corrected chi connectivity index (χ2v) is 6.45. The summed E-state index contributed by atoms with van der Waals surface area (Å²) in [4.78, 5) is 24.4. The molecule has 0 saturated heterocycles. The van der Waals surface area contributed by atoms with Crippen molar-refractivity contribution in [1.82, 2.24) is 5.32 Å². The lowest BCUT2D eigenvalue weighted by Crippen LogP contribution is -2.40. The predicted molar refractivity (Wildman–Crippen MR) is 102 cm³/mol. The number of nitrogens with zero attached hydrogens (tertiary/aromatic N) is 2. The molecule has 1 aliphatic rings. The molecular weight excluding hydrogens is 328 g/mol. The summed E-state index contributed by atoms with van der Waals surface area (Å²) in [5.41, 5.74) is 8.71. The Kier molecular flexibility index (Phi) is 5.02. The summed E-state index contributed by atoms with van der Waals surface area (Å²) in [5.74, 6) is -0.797. The van der Waals surface area contributed by atoms with E-state index >= 15 is 0 Å². The number of hydrogen-bond acceptors (Lipinski definition) is 4. The van der Waals surface area contributed by atoms with E-state index in [1.807, 2.05) is 68.4 Å². The largest absolute Gasteiger partial charge is 0.368 e. The molecule has 0 aromatic heterocycles. The van der Waals surface area contributed by atoms with Crippen molar-refractivity contribution in [1.29, 1.82) is 0 Å². The van der Waals surface area contributed by atoms with Gasteiger partial charge in [-0.15, -0.1) is 0 Å². The molecule has 0 spiro atoms. The number of hydrogen-bond donors (Lipinski definition) is 2. The number of para-hydroxylation sites is 1. The van der Waals surface area contributed by atoms with Crippen molar-refractivity contribution in [2.24, 2.45) is 10.8 Å². The van der Waals surface area contributed by atoms with Crippen molar-refractivity contribution in [3.05, 3.63) is 65.7 Å². The van der Waals surface area contributed by atoms with Crippen LogP contribution in [-0.4, -0.2) is 23.6 Å². The van der Waals surface area contributed by atoms with E-state index in [2.05, 4.69) is 10.4 Å². The summed E-state index contributed by atoms with van der Waals surface area (Å²) >= 11 is 0. The van der Waals surface area contributed by atoms with Gasteiger partial charge in [-0.05, 0) is 31.5 Å². The lowest BCUT2D eigenvalue weighted by molar-refractivity contribution is -0.119. The van der Waals surface area contributed by atoms with E-state index < -0.39 is 11.9 Å². The Bertz CT molecular complexity index is 831. The lowest BCUT2D eigenvalue weighted by atomic mass is 10.1.